The lowest BCUT2D eigenvalue weighted by Gasteiger charge is -2.16. The van der Waals surface area contributed by atoms with E-state index in [1.807, 2.05) is 30.8 Å². The summed E-state index contributed by atoms with van der Waals surface area (Å²) in [4.78, 5) is 0. The zero-order chi connectivity index (χ0) is 14.7. The Labute approximate surface area is 136 Å². The molecule has 2 heterocycles. The van der Waals surface area contributed by atoms with Gasteiger partial charge >= 0.3 is 0 Å². The molecular formula is C14H19Br2N3O. The number of hydrogen-bond donors (Lipinski definition) is 1. The Hall–Kier alpha value is -0.590. The highest BCUT2D eigenvalue weighted by Gasteiger charge is 2.20. The van der Waals surface area contributed by atoms with Crippen LogP contribution >= 0.6 is 31.9 Å². The van der Waals surface area contributed by atoms with Crippen molar-refractivity contribution >= 4 is 31.9 Å². The summed E-state index contributed by atoms with van der Waals surface area (Å²) in [5, 5.41) is 7.98. The van der Waals surface area contributed by atoms with Gasteiger partial charge in [-0.05, 0) is 63.9 Å². The van der Waals surface area contributed by atoms with E-state index in [-0.39, 0.29) is 6.04 Å². The maximum Gasteiger partial charge on any atom is 0.169 e. The molecule has 0 aliphatic heterocycles. The smallest absolute Gasteiger partial charge is 0.169 e. The summed E-state index contributed by atoms with van der Waals surface area (Å²) in [6, 6.07) is 4.08. The van der Waals surface area contributed by atoms with Gasteiger partial charge in [-0.3, -0.25) is 4.68 Å². The summed E-state index contributed by atoms with van der Waals surface area (Å²) in [5.41, 5.74) is 2.18. The first-order valence-electron chi connectivity index (χ1n) is 6.69. The molecule has 2 rings (SSSR count). The molecule has 0 fully saturated rings. The summed E-state index contributed by atoms with van der Waals surface area (Å²) in [5.74, 6) is 0.941. The van der Waals surface area contributed by atoms with Crippen molar-refractivity contribution in [1.82, 2.24) is 15.1 Å². The van der Waals surface area contributed by atoms with Crippen LogP contribution in [0.15, 0.2) is 25.7 Å². The number of nitrogens with zero attached hydrogens (tertiary/aromatic N) is 2. The minimum absolute atomic E-state index is 0.146. The minimum Gasteiger partial charge on any atom is -0.453 e. The van der Waals surface area contributed by atoms with E-state index in [0.29, 0.717) is 0 Å². The van der Waals surface area contributed by atoms with Gasteiger partial charge < -0.3 is 9.73 Å². The van der Waals surface area contributed by atoms with Crippen molar-refractivity contribution in [3.63, 3.8) is 0 Å². The van der Waals surface area contributed by atoms with Crippen molar-refractivity contribution in [3.05, 3.63) is 38.4 Å². The van der Waals surface area contributed by atoms with Crippen molar-refractivity contribution in [2.45, 2.75) is 32.7 Å². The van der Waals surface area contributed by atoms with Crippen LogP contribution in [0.2, 0.25) is 0 Å². The molecule has 0 saturated heterocycles. The number of aryl methyl sites for hydroxylation is 2. The summed E-state index contributed by atoms with van der Waals surface area (Å²) < 4.78 is 9.48. The molecule has 0 saturated carbocycles. The fourth-order valence-electron chi connectivity index (χ4n) is 2.20. The van der Waals surface area contributed by atoms with Gasteiger partial charge in [0.25, 0.3) is 0 Å². The quantitative estimate of drug-likeness (QED) is 0.786. The van der Waals surface area contributed by atoms with Gasteiger partial charge in [0.05, 0.1) is 21.9 Å². The predicted octanol–water partition coefficient (Wildman–Crippen LogP) is 4.13. The van der Waals surface area contributed by atoms with E-state index in [4.69, 9.17) is 4.42 Å². The monoisotopic (exact) mass is 403 g/mol. The van der Waals surface area contributed by atoms with Crippen LogP contribution in [0, 0.1) is 6.92 Å². The average molecular weight is 405 g/mol. The molecule has 0 aliphatic carbocycles. The second-order valence-corrected chi connectivity index (χ2v) is 6.40. The third-order valence-corrected chi connectivity index (χ3v) is 4.69. The average Bonchev–Trinajstić information content (AvgIpc) is 2.93. The molecule has 0 amide bonds. The molecular weight excluding hydrogens is 386 g/mol. The molecule has 20 heavy (non-hydrogen) atoms. The first-order chi connectivity index (χ1) is 9.52. The Balaban J connectivity index is 2.23. The van der Waals surface area contributed by atoms with E-state index >= 15 is 0 Å². The van der Waals surface area contributed by atoms with Gasteiger partial charge in [0.1, 0.15) is 5.76 Å². The molecule has 0 aliphatic rings. The summed E-state index contributed by atoms with van der Waals surface area (Å²) in [6.07, 6.45) is 1.92. The second-order valence-electron chi connectivity index (χ2n) is 4.82. The molecule has 6 heteroatoms. The minimum atomic E-state index is 0.146. The third kappa shape index (κ3) is 3.54. The highest BCUT2D eigenvalue weighted by atomic mass is 79.9. The fourth-order valence-corrected chi connectivity index (χ4v) is 3.02. The van der Waals surface area contributed by atoms with E-state index in [9.17, 15) is 0 Å². The van der Waals surface area contributed by atoms with Crippen LogP contribution in [-0.2, 0) is 13.5 Å². The number of furan rings is 1. The SMILES string of the molecule is CCCNC(Cc1c(Br)c(C)nn1C)c1ccc(Br)o1. The van der Waals surface area contributed by atoms with E-state index in [0.717, 1.165) is 40.0 Å². The Morgan fingerprint density at radius 1 is 1.40 bits per heavy atom. The van der Waals surface area contributed by atoms with E-state index in [2.05, 4.69) is 49.2 Å². The zero-order valence-corrected chi connectivity index (χ0v) is 15.1. The largest absolute Gasteiger partial charge is 0.453 e. The molecule has 1 unspecified atom stereocenters. The van der Waals surface area contributed by atoms with Gasteiger partial charge in [-0.25, -0.2) is 0 Å². The van der Waals surface area contributed by atoms with Crippen LogP contribution in [0.1, 0.15) is 36.5 Å². The van der Waals surface area contributed by atoms with Crippen molar-refractivity contribution < 1.29 is 4.42 Å². The Morgan fingerprint density at radius 3 is 2.65 bits per heavy atom. The van der Waals surface area contributed by atoms with Gasteiger partial charge in [-0.2, -0.15) is 5.10 Å². The number of halogens is 2. The first-order valence-corrected chi connectivity index (χ1v) is 8.28. The number of aromatic nitrogens is 2. The zero-order valence-electron chi connectivity index (χ0n) is 11.9. The maximum absolute atomic E-state index is 5.71. The Bertz CT molecular complexity index is 577. The van der Waals surface area contributed by atoms with Crippen LogP contribution in [-0.4, -0.2) is 16.3 Å². The highest BCUT2D eigenvalue weighted by molar-refractivity contribution is 9.10. The van der Waals surface area contributed by atoms with Gasteiger partial charge in [0.15, 0.2) is 4.67 Å². The molecule has 0 radical (unpaired) electrons. The lowest BCUT2D eigenvalue weighted by molar-refractivity contribution is 0.394. The van der Waals surface area contributed by atoms with E-state index < -0.39 is 0 Å². The number of nitrogens with one attached hydrogen (secondary N) is 1. The second kappa shape index (κ2) is 6.91. The van der Waals surface area contributed by atoms with Crippen molar-refractivity contribution in [1.29, 1.82) is 0 Å². The van der Waals surface area contributed by atoms with E-state index in [1.165, 1.54) is 5.69 Å². The van der Waals surface area contributed by atoms with Gasteiger partial charge in [-0.1, -0.05) is 6.92 Å². The molecule has 4 nitrogen and oxygen atoms in total. The molecule has 2 aromatic rings. The van der Waals surface area contributed by atoms with Crippen LogP contribution in [0.4, 0.5) is 0 Å². The van der Waals surface area contributed by atoms with Crippen molar-refractivity contribution in [2.24, 2.45) is 7.05 Å². The van der Waals surface area contributed by atoms with Gasteiger partial charge in [0.2, 0.25) is 0 Å². The van der Waals surface area contributed by atoms with Gasteiger partial charge in [-0.15, -0.1) is 0 Å². The third-order valence-electron chi connectivity index (χ3n) is 3.24. The van der Waals surface area contributed by atoms with Crippen LogP contribution in [0.3, 0.4) is 0 Å². The van der Waals surface area contributed by atoms with Crippen molar-refractivity contribution in [2.75, 3.05) is 6.54 Å². The van der Waals surface area contributed by atoms with Gasteiger partial charge in [0, 0.05) is 13.5 Å². The molecule has 1 N–H and O–H groups in total. The lowest BCUT2D eigenvalue weighted by atomic mass is 10.1. The summed E-state index contributed by atoms with van der Waals surface area (Å²) in [7, 11) is 1.97. The highest BCUT2D eigenvalue weighted by Crippen LogP contribution is 2.28. The summed E-state index contributed by atoms with van der Waals surface area (Å²) >= 11 is 6.99. The maximum atomic E-state index is 5.71. The lowest BCUT2D eigenvalue weighted by Crippen LogP contribution is -2.24. The Morgan fingerprint density at radius 2 is 2.15 bits per heavy atom. The molecule has 0 bridgehead atoms. The van der Waals surface area contributed by atoms with Crippen LogP contribution < -0.4 is 5.32 Å². The van der Waals surface area contributed by atoms with Crippen LogP contribution in [0.5, 0.6) is 0 Å². The molecule has 1 atom stereocenters. The normalized spacial score (nSPS) is 12.8. The van der Waals surface area contributed by atoms with E-state index in [1.54, 1.807) is 0 Å². The topological polar surface area (TPSA) is 43.0 Å². The van der Waals surface area contributed by atoms with Crippen LogP contribution in [0.25, 0.3) is 0 Å². The number of rotatable bonds is 6. The summed E-state index contributed by atoms with van der Waals surface area (Å²) in [6.45, 7) is 5.12. The number of hydrogen-bond acceptors (Lipinski definition) is 3. The Kier molecular flexibility index (Phi) is 5.46. The standard InChI is InChI=1S/C14H19Br2N3O/c1-4-7-17-10(12-5-6-13(15)20-12)8-11-14(16)9(2)18-19(11)3/h5-6,10,17H,4,7-8H2,1-3H3. The molecule has 0 aromatic carbocycles. The predicted molar refractivity (Wildman–Crippen MR) is 86.8 cm³/mol. The van der Waals surface area contributed by atoms with Crippen molar-refractivity contribution in [3.8, 4) is 0 Å². The molecule has 0 spiro atoms. The molecule has 110 valence electrons. The molecule has 2 aromatic heterocycles. The first kappa shape index (κ1) is 15.8. The fraction of sp³-hybridized carbons (Fsp3) is 0.500.